The van der Waals surface area contributed by atoms with E-state index in [0.717, 1.165) is 51.9 Å². The number of nitrogens with one attached hydrogen (secondary N) is 3. The van der Waals surface area contributed by atoms with Gasteiger partial charge < -0.3 is 106 Å². The van der Waals surface area contributed by atoms with Gasteiger partial charge in [-0.2, -0.15) is 0 Å². The van der Waals surface area contributed by atoms with Crippen LogP contribution in [0.1, 0.15) is 136 Å². The largest absolute Gasteiger partial charge is 0.477 e. The number of hydrogen-bond donors (Lipinski definition) is 15. The van der Waals surface area contributed by atoms with Crippen LogP contribution in [0, 0.1) is 16.0 Å². The van der Waals surface area contributed by atoms with Gasteiger partial charge in [0.1, 0.15) is 54.9 Å². The highest BCUT2D eigenvalue weighted by Crippen LogP contribution is 2.41. The summed E-state index contributed by atoms with van der Waals surface area (Å²) in [6, 6.07) is 0.146. The van der Waals surface area contributed by atoms with E-state index < -0.39 is 165 Å². The van der Waals surface area contributed by atoms with Crippen molar-refractivity contribution in [3.8, 4) is 0 Å². The van der Waals surface area contributed by atoms with E-state index in [9.17, 15) is 85.8 Å². The summed E-state index contributed by atoms with van der Waals surface area (Å²) in [4.78, 5) is 49.2. The molecule has 2 aromatic rings. The Morgan fingerprint density at radius 3 is 2.05 bits per heavy atom. The third-order valence-corrected chi connectivity index (χ3v) is 15.6. The van der Waals surface area contributed by atoms with Gasteiger partial charge in [-0.1, -0.05) is 103 Å². The first-order valence-corrected chi connectivity index (χ1v) is 29.5. The number of carboxylic acid groups (broad SMARTS) is 1. The first-order chi connectivity index (χ1) is 40.7. The van der Waals surface area contributed by atoms with E-state index in [0.29, 0.717) is 31.5 Å². The van der Waals surface area contributed by atoms with Crippen molar-refractivity contribution in [1.29, 1.82) is 0 Å². The molecule has 2 amide bonds. The molecule has 0 bridgehead atoms. The molecule has 484 valence electrons. The van der Waals surface area contributed by atoms with Gasteiger partial charge in [0, 0.05) is 38.3 Å². The number of non-ortho nitro benzene ring substituents is 1. The van der Waals surface area contributed by atoms with Crippen LogP contribution < -0.4 is 16.0 Å². The molecule has 14 unspecified atom stereocenters. The summed E-state index contributed by atoms with van der Waals surface area (Å²) < 4.78 is 39.0. The van der Waals surface area contributed by atoms with Gasteiger partial charge in [0.15, 0.2) is 24.4 Å². The smallest absolute Gasteiger partial charge is 0.364 e. The van der Waals surface area contributed by atoms with Crippen LogP contribution in [-0.4, -0.2) is 231 Å². The zero-order valence-electron chi connectivity index (χ0n) is 48.2. The highest BCUT2D eigenvalue weighted by Gasteiger charge is 2.60. The van der Waals surface area contributed by atoms with E-state index in [1.807, 2.05) is 0 Å². The van der Waals surface area contributed by atoms with Gasteiger partial charge in [0.25, 0.3) is 5.79 Å². The molecule has 1 aromatic heterocycles. The van der Waals surface area contributed by atoms with E-state index >= 15 is 0 Å². The standard InChI is InChI=1S/C55H90N6O24/c1-3-4-5-6-7-8-9-10-11-12-13-15-18-21-36(66)34(58-40(68)22-19-16-14-17-20-25-56-33-23-24-35(61(77)78)43-42(33)59-85-60-43)30-79-52-47(72)46(71)49(39(29-64)81-52)82-53-48(73)50(45(70)38(28-63)80-53)83-55(54(75)76)26-32(44(69)37(67)27-62)41(51(74)84-55)57-31(2)65/h18,21,23-24,32,34,36-39,41,44-53,56,62-64,66-67,69-74H,3-17,19-20,22,25-30H2,1-2H3,(H,57,65)(H,58,68)(H,75,76)/b21-18+/t32?,34-,36-,37-,38?,39?,41?,44+,45?,46?,47?,48?,49?,50?,51?,52?,53?,55?/m1/s1. The maximum absolute atomic E-state index is 13.4. The molecule has 15 N–H and O–H groups in total. The molecule has 0 saturated carbocycles. The molecule has 5 rings (SSSR count). The molecule has 3 aliphatic rings. The van der Waals surface area contributed by atoms with E-state index in [-0.39, 0.29) is 23.1 Å². The molecular formula is C55H90N6O24. The predicted octanol–water partition coefficient (Wildman–Crippen LogP) is 0.00610. The summed E-state index contributed by atoms with van der Waals surface area (Å²) in [5.41, 5.74) is 0.596. The predicted molar refractivity (Wildman–Crippen MR) is 296 cm³/mol. The lowest BCUT2D eigenvalue weighted by Crippen LogP contribution is -2.69. The fraction of sp³-hybridized carbons (Fsp3) is 0.800. The number of ether oxygens (including phenoxy) is 6. The fourth-order valence-electron chi connectivity index (χ4n) is 10.7. The number of carbonyl (C=O) groups excluding carboxylic acids is 2. The summed E-state index contributed by atoms with van der Waals surface area (Å²) >= 11 is 0. The Bertz CT molecular complexity index is 2350. The average Bonchev–Trinajstić information content (AvgIpc) is 1.85. The Hall–Kier alpha value is -4.71. The second kappa shape index (κ2) is 35.9. The number of nitrogens with zero attached hydrogens (tertiary/aromatic N) is 3. The number of nitro benzene ring substituents is 1. The van der Waals surface area contributed by atoms with Crippen LogP contribution in [0.3, 0.4) is 0 Å². The van der Waals surface area contributed by atoms with Crippen molar-refractivity contribution in [1.82, 2.24) is 20.9 Å². The Kier molecular flexibility index (Phi) is 30.0. The van der Waals surface area contributed by atoms with Gasteiger partial charge in [-0.25, -0.2) is 9.42 Å². The summed E-state index contributed by atoms with van der Waals surface area (Å²) in [5.74, 6) is -7.94. The number of allylic oxidation sites excluding steroid dienone is 1. The Morgan fingerprint density at radius 1 is 0.800 bits per heavy atom. The van der Waals surface area contributed by atoms with Gasteiger partial charge >= 0.3 is 11.7 Å². The van der Waals surface area contributed by atoms with Crippen LogP contribution in [0.15, 0.2) is 28.9 Å². The Labute approximate surface area is 491 Å². The van der Waals surface area contributed by atoms with E-state index in [1.54, 1.807) is 6.08 Å². The molecule has 3 aliphatic heterocycles. The maximum atomic E-state index is 13.4. The fourth-order valence-corrected chi connectivity index (χ4v) is 10.7. The second-order valence-corrected chi connectivity index (χ2v) is 22.0. The monoisotopic (exact) mass is 1220 g/mol. The molecule has 0 radical (unpaired) electrons. The number of amides is 2. The minimum absolute atomic E-state index is 0.0370. The van der Waals surface area contributed by atoms with Gasteiger partial charge in [-0.3, -0.25) is 19.7 Å². The summed E-state index contributed by atoms with van der Waals surface area (Å²) in [6.45, 7) is 0.249. The molecule has 30 heteroatoms. The second-order valence-electron chi connectivity index (χ2n) is 22.0. The molecule has 85 heavy (non-hydrogen) atoms. The highest BCUT2D eigenvalue weighted by atomic mass is 16.8. The van der Waals surface area contributed by atoms with E-state index in [2.05, 4.69) is 33.2 Å². The third-order valence-electron chi connectivity index (χ3n) is 15.6. The maximum Gasteiger partial charge on any atom is 0.364 e. The number of hydrogen-bond acceptors (Lipinski definition) is 26. The Balaban J connectivity index is 1.19. The van der Waals surface area contributed by atoms with Gasteiger partial charge in [0.2, 0.25) is 17.3 Å². The molecule has 0 spiro atoms. The minimum Gasteiger partial charge on any atom is -0.477 e. The molecular weight excluding hydrogens is 1130 g/mol. The number of fused-ring (bicyclic) bond motifs is 1. The molecule has 4 heterocycles. The van der Waals surface area contributed by atoms with Crippen molar-refractivity contribution in [2.75, 3.05) is 38.3 Å². The SMILES string of the molecule is CCCCCCCCCCCCC/C=C/[C@@H](O)[C@@H](COC1OC(CO)C(OC2OC(CO)C(O)C(OC3(C(=O)O)CC([C@H](O)[C@H](O)CO)C(NC(C)=O)C(O)O3)C2O)C(O)C1O)NC(=O)CCCCCCCNc1ccc([N+](=O)[O-])c2nonc12. The van der Waals surface area contributed by atoms with Crippen molar-refractivity contribution in [2.45, 2.75) is 240 Å². The van der Waals surface area contributed by atoms with Gasteiger partial charge in [0.05, 0.1) is 61.3 Å². The number of nitro groups is 1. The number of unbranched alkanes of at least 4 members (excludes halogenated alkanes) is 15. The number of aliphatic hydroxyl groups is 11. The molecule has 3 saturated heterocycles. The third kappa shape index (κ3) is 20.4. The van der Waals surface area contributed by atoms with Crippen molar-refractivity contribution in [3.05, 3.63) is 34.4 Å². The van der Waals surface area contributed by atoms with Crippen molar-refractivity contribution in [2.24, 2.45) is 5.92 Å². The van der Waals surface area contributed by atoms with Gasteiger partial charge in [-0.15, -0.1) is 0 Å². The highest BCUT2D eigenvalue weighted by molar-refractivity contribution is 5.93. The van der Waals surface area contributed by atoms with E-state index in [1.165, 1.54) is 63.2 Å². The first kappa shape index (κ1) is 71.0. The molecule has 1 aromatic carbocycles. The lowest BCUT2D eigenvalue weighted by Gasteiger charge is -2.50. The number of benzene rings is 1. The number of rotatable bonds is 39. The number of carboxylic acids is 1. The normalized spacial score (nSPS) is 29.5. The average molecular weight is 1220 g/mol. The molecule has 0 aliphatic carbocycles. The molecule has 30 nitrogen and oxygen atoms in total. The van der Waals surface area contributed by atoms with Crippen molar-refractivity contribution in [3.63, 3.8) is 0 Å². The number of anilines is 1. The number of aliphatic carboxylic acids is 1. The van der Waals surface area contributed by atoms with Crippen molar-refractivity contribution < 1.29 is 114 Å². The van der Waals surface area contributed by atoms with Gasteiger partial charge in [-0.05, 0) is 42.1 Å². The zero-order chi connectivity index (χ0) is 62.2. The van der Waals surface area contributed by atoms with Crippen LogP contribution in [0.4, 0.5) is 11.4 Å². The molecule has 18 atom stereocenters. The number of carbonyl (C=O) groups is 3. The zero-order valence-corrected chi connectivity index (χ0v) is 48.2. The summed E-state index contributed by atoms with van der Waals surface area (Å²) in [7, 11) is 0. The topological polar surface area (TPSA) is 467 Å². The van der Waals surface area contributed by atoms with Crippen LogP contribution in [0.25, 0.3) is 11.0 Å². The van der Waals surface area contributed by atoms with Crippen LogP contribution in [-0.2, 0) is 42.8 Å². The number of aromatic nitrogens is 2. The quantitative estimate of drug-likeness (QED) is 0.0181. The van der Waals surface area contributed by atoms with Crippen LogP contribution >= 0.6 is 0 Å². The lowest BCUT2D eigenvalue weighted by molar-refractivity contribution is -0.393. The first-order valence-electron chi connectivity index (χ1n) is 29.5. The molecule has 3 fully saturated rings. The van der Waals surface area contributed by atoms with E-state index in [4.69, 9.17) is 33.1 Å². The number of aliphatic hydroxyl groups excluding tert-OH is 11. The van der Waals surface area contributed by atoms with Crippen molar-refractivity contribution >= 4 is 40.2 Å². The van der Waals surface area contributed by atoms with Crippen LogP contribution in [0.5, 0.6) is 0 Å². The summed E-state index contributed by atoms with van der Waals surface area (Å²) in [5, 5.41) is 157. The van der Waals surface area contributed by atoms with Crippen LogP contribution in [0.2, 0.25) is 0 Å². The lowest BCUT2D eigenvalue weighted by atomic mass is 9.81. The summed E-state index contributed by atoms with van der Waals surface area (Å²) in [6.07, 6.45) is -7.89. The minimum atomic E-state index is -3.10. The Morgan fingerprint density at radius 2 is 1.42 bits per heavy atom.